The normalized spacial score (nSPS) is 13.7. The third kappa shape index (κ3) is 4.30. The van der Waals surface area contributed by atoms with Gasteiger partial charge in [0.05, 0.1) is 6.61 Å². The number of ether oxygens (including phenoxy) is 1. The first-order valence-corrected chi connectivity index (χ1v) is 7.81. The van der Waals surface area contributed by atoms with E-state index in [0.717, 1.165) is 27.8 Å². The molecule has 2 aromatic rings. The van der Waals surface area contributed by atoms with Gasteiger partial charge in [-0.3, -0.25) is 0 Å². The number of nitrogens with two attached hydrogens (primary N) is 1. The fourth-order valence-corrected chi connectivity index (χ4v) is 2.54. The van der Waals surface area contributed by atoms with Crippen molar-refractivity contribution in [2.24, 2.45) is 5.73 Å². The molecule has 0 bridgehead atoms. The molecule has 2 rings (SSSR count). The molecule has 3 nitrogen and oxygen atoms in total. The molecule has 2 atom stereocenters. The first-order valence-electron chi connectivity index (χ1n) is 7.01. The van der Waals surface area contributed by atoms with Crippen LogP contribution in [-0.4, -0.2) is 11.1 Å². The minimum absolute atomic E-state index is 0.0316. The summed E-state index contributed by atoms with van der Waals surface area (Å²) in [4.78, 5) is 0. The number of benzene rings is 2. The highest BCUT2D eigenvalue weighted by Crippen LogP contribution is 2.27. The highest BCUT2D eigenvalue weighted by atomic mass is 79.9. The molecule has 0 amide bonds. The molecule has 0 aliphatic carbocycles. The second kappa shape index (κ2) is 7.59. The Labute approximate surface area is 133 Å². The fourth-order valence-electron chi connectivity index (χ4n) is 2.12. The summed E-state index contributed by atoms with van der Waals surface area (Å²) < 4.78 is 7.09. The lowest BCUT2D eigenvalue weighted by molar-refractivity contribution is 0.171. The van der Waals surface area contributed by atoms with Gasteiger partial charge in [-0.1, -0.05) is 47.1 Å². The number of hydrogen-bond acceptors (Lipinski definition) is 3. The molecule has 2 unspecified atom stereocenters. The summed E-state index contributed by atoms with van der Waals surface area (Å²) in [6, 6.07) is 15.3. The van der Waals surface area contributed by atoms with Crippen molar-refractivity contribution in [1.82, 2.24) is 0 Å². The van der Waals surface area contributed by atoms with Gasteiger partial charge in [-0.15, -0.1) is 0 Å². The predicted octanol–water partition coefficient (Wildman–Crippen LogP) is 3.80. The van der Waals surface area contributed by atoms with Crippen molar-refractivity contribution in [2.45, 2.75) is 32.1 Å². The molecular formula is C17H20BrNO2. The highest BCUT2D eigenvalue weighted by Gasteiger charge is 2.20. The third-order valence-corrected chi connectivity index (χ3v) is 3.90. The average Bonchev–Trinajstić information content (AvgIpc) is 2.52. The first kappa shape index (κ1) is 16.0. The van der Waals surface area contributed by atoms with Crippen LogP contribution >= 0.6 is 15.9 Å². The first-order chi connectivity index (χ1) is 10.1. The van der Waals surface area contributed by atoms with Gasteiger partial charge in [0, 0.05) is 10.5 Å². The summed E-state index contributed by atoms with van der Waals surface area (Å²) in [7, 11) is 0. The van der Waals surface area contributed by atoms with Crippen molar-refractivity contribution >= 4 is 15.9 Å². The zero-order chi connectivity index (χ0) is 15.2. The van der Waals surface area contributed by atoms with Gasteiger partial charge in [-0.25, -0.2) is 0 Å². The minimum atomic E-state index is -0.201. The van der Waals surface area contributed by atoms with Gasteiger partial charge < -0.3 is 15.6 Å². The van der Waals surface area contributed by atoms with Gasteiger partial charge in [-0.2, -0.15) is 0 Å². The van der Waals surface area contributed by atoms with Gasteiger partial charge in [0.15, 0.2) is 0 Å². The fraction of sp³-hybridized carbons (Fsp3) is 0.294. The molecule has 2 aromatic carbocycles. The molecular weight excluding hydrogens is 330 g/mol. The molecule has 0 heterocycles. The van der Waals surface area contributed by atoms with Crippen molar-refractivity contribution in [3.05, 3.63) is 64.1 Å². The Morgan fingerprint density at radius 1 is 1.19 bits per heavy atom. The van der Waals surface area contributed by atoms with Crippen LogP contribution in [0, 0.1) is 0 Å². The predicted molar refractivity (Wildman–Crippen MR) is 88.1 cm³/mol. The van der Waals surface area contributed by atoms with Crippen LogP contribution in [0.2, 0.25) is 0 Å². The van der Waals surface area contributed by atoms with Crippen LogP contribution < -0.4 is 10.5 Å². The zero-order valence-corrected chi connectivity index (χ0v) is 13.6. The number of halogens is 1. The Balaban J connectivity index is 2.23. The summed E-state index contributed by atoms with van der Waals surface area (Å²) in [6.07, 6.45) is 0.624. The van der Waals surface area contributed by atoms with Crippen molar-refractivity contribution < 1.29 is 9.84 Å². The monoisotopic (exact) mass is 349 g/mol. The molecule has 0 spiro atoms. The van der Waals surface area contributed by atoms with E-state index in [2.05, 4.69) is 15.9 Å². The Morgan fingerprint density at radius 2 is 1.90 bits per heavy atom. The summed E-state index contributed by atoms with van der Waals surface area (Å²) in [5.41, 5.74) is 8.13. The van der Waals surface area contributed by atoms with Crippen LogP contribution in [0.25, 0.3) is 0 Å². The Kier molecular flexibility index (Phi) is 5.79. The van der Waals surface area contributed by atoms with Crippen molar-refractivity contribution in [2.75, 3.05) is 0 Å². The molecule has 3 N–H and O–H groups in total. The maximum Gasteiger partial charge on any atom is 0.139 e. The molecule has 21 heavy (non-hydrogen) atoms. The number of aliphatic hydroxyl groups excluding tert-OH is 1. The number of hydrogen-bond donors (Lipinski definition) is 2. The Bertz CT molecular complexity index is 571. The van der Waals surface area contributed by atoms with E-state index in [4.69, 9.17) is 15.6 Å². The summed E-state index contributed by atoms with van der Waals surface area (Å²) >= 11 is 3.48. The van der Waals surface area contributed by atoms with Crippen LogP contribution in [0.1, 0.15) is 30.6 Å². The second-order valence-electron chi connectivity index (χ2n) is 4.97. The van der Waals surface area contributed by atoms with E-state index in [-0.39, 0.29) is 18.8 Å². The standard InChI is InChI=1S/C17H20BrNO2/c1-2-16(19)17(13-4-3-5-14(18)10-13)21-15-8-6-12(11-20)7-9-15/h3-10,16-17,20H,2,11,19H2,1H3. The largest absolute Gasteiger partial charge is 0.484 e. The lowest BCUT2D eigenvalue weighted by Gasteiger charge is -2.25. The van der Waals surface area contributed by atoms with Crippen molar-refractivity contribution in [1.29, 1.82) is 0 Å². The molecule has 0 saturated carbocycles. The zero-order valence-electron chi connectivity index (χ0n) is 12.0. The van der Waals surface area contributed by atoms with Crippen LogP contribution in [0.5, 0.6) is 5.75 Å². The van der Waals surface area contributed by atoms with Crippen molar-refractivity contribution in [3.8, 4) is 5.75 Å². The number of aliphatic hydroxyl groups is 1. The lowest BCUT2D eigenvalue weighted by Crippen LogP contribution is -2.31. The molecule has 0 aromatic heterocycles. The maximum atomic E-state index is 9.08. The van der Waals surface area contributed by atoms with E-state index in [1.54, 1.807) is 0 Å². The molecule has 0 aliphatic heterocycles. The van der Waals surface area contributed by atoms with Crippen LogP contribution in [0.3, 0.4) is 0 Å². The molecule has 0 fully saturated rings. The smallest absolute Gasteiger partial charge is 0.139 e. The SMILES string of the molecule is CCC(N)C(Oc1ccc(CO)cc1)c1cccc(Br)c1. The summed E-state index contributed by atoms with van der Waals surface area (Å²) in [6.45, 7) is 2.08. The minimum Gasteiger partial charge on any atom is -0.484 e. The van der Waals surface area contributed by atoms with E-state index in [9.17, 15) is 0 Å². The second-order valence-corrected chi connectivity index (χ2v) is 5.88. The summed E-state index contributed by atoms with van der Waals surface area (Å²) in [5, 5.41) is 9.08. The quantitative estimate of drug-likeness (QED) is 0.833. The van der Waals surface area contributed by atoms with Crippen LogP contribution in [0.15, 0.2) is 53.0 Å². The molecule has 0 aliphatic rings. The highest BCUT2D eigenvalue weighted by molar-refractivity contribution is 9.10. The molecule has 0 radical (unpaired) electrons. The van der Waals surface area contributed by atoms with Gasteiger partial charge in [0.2, 0.25) is 0 Å². The maximum absolute atomic E-state index is 9.08. The molecule has 0 saturated heterocycles. The Hall–Kier alpha value is -1.36. The molecule has 4 heteroatoms. The topological polar surface area (TPSA) is 55.5 Å². The van der Waals surface area contributed by atoms with Gasteiger partial charge in [-0.05, 0) is 41.8 Å². The van der Waals surface area contributed by atoms with E-state index in [1.807, 2.05) is 55.5 Å². The molecule has 112 valence electrons. The number of rotatable bonds is 6. The van der Waals surface area contributed by atoms with E-state index >= 15 is 0 Å². The third-order valence-electron chi connectivity index (χ3n) is 3.41. The van der Waals surface area contributed by atoms with E-state index < -0.39 is 0 Å². The summed E-state index contributed by atoms with van der Waals surface area (Å²) in [5.74, 6) is 0.751. The van der Waals surface area contributed by atoms with E-state index in [0.29, 0.717) is 0 Å². The van der Waals surface area contributed by atoms with Gasteiger partial charge >= 0.3 is 0 Å². The van der Waals surface area contributed by atoms with Crippen molar-refractivity contribution in [3.63, 3.8) is 0 Å². The Morgan fingerprint density at radius 3 is 2.48 bits per heavy atom. The van der Waals surface area contributed by atoms with E-state index in [1.165, 1.54) is 0 Å². The van der Waals surface area contributed by atoms with Crippen LogP contribution in [0.4, 0.5) is 0 Å². The van der Waals surface area contributed by atoms with Gasteiger partial charge in [0.25, 0.3) is 0 Å². The average molecular weight is 350 g/mol. The lowest BCUT2D eigenvalue weighted by atomic mass is 10.0. The van der Waals surface area contributed by atoms with Crippen LogP contribution in [-0.2, 0) is 6.61 Å². The van der Waals surface area contributed by atoms with Gasteiger partial charge in [0.1, 0.15) is 11.9 Å².